The number of benzene rings is 2. The average Bonchev–Trinajstić information content (AvgIpc) is 2.72. The van der Waals surface area contributed by atoms with Crippen molar-refractivity contribution in [2.75, 3.05) is 12.0 Å². The Balaban J connectivity index is 2.54. The second kappa shape index (κ2) is 11.8. The highest BCUT2D eigenvalue weighted by molar-refractivity contribution is 7.84. The Bertz CT molecular complexity index is 1170. The lowest BCUT2D eigenvalue weighted by Crippen LogP contribution is -2.19. The van der Waals surface area contributed by atoms with Gasteiger partial charge in [-0.2, -0.15) is 26.3 Å². The van der Waals surface area contributed by atoms with E-state index in [-0.39, 0.29) is 39.4 Å². The van der Waals surface area contributed by atoms with Crippen LogP contribution in [0.15, 0.2) is 36.4 Å². The Labute approximate surface area is 219 Å². The van der Waals surface area contributed by atoms with Crippen LogP contribution in [0.25, 0.3) is 5.83 Å². The van der Waals surface area contributed by atoms with Crippen molar-refractivity contribution in [2.24, 2.45) is 5.92 Å². The number of ketones is 1. The number of alkyl halides is 6. The van der Waals surface area contributed by atoms with Crippen LogP contribution in [0.3, 0.4) is 0 Å². The monoisotopic (exact) mass is 596 g/mol. The second-order valence-corrected chi connectivity index (χ2v) is 10.7. The number of Topliss-reactive ketones (excluding diaryl/α,β-unsaturated/α-hetero) is 1. The van der Waals surface area contributed by atoms with Gasteiger partial charge in [-0.25, -0.2) is 4.39 Å². The summed E-state index contributed by atoms with van der Waals surface area (Å²) in [5, 5.41) is -0.877. The molecule has 198 valence electrons. The lowest BCUT2D eigenvalue weighted by molar-refractivity contribution is -0.140. The van der Waals surface area contributed by atoms with Crippen molar-refractivity contribution in [3.8, 4) is 0 Å². The Morgan fingerprint density at radius 1 is 1.03 bits per heavy atom. The van der Waals surface area contributed by atoms with Crippen LogP contribution < -0.4 is 0 Å². The number of hydrogen-bond donors (Lipinski definition) is 0. The van der Waals surface area contributed by atoms with Crippen molar-refractivity contribution in [3.63, 3.8) is 0 Å². The van der Waals surface area contributed by atoms with Crippen molar-refractivity contribution >= 4 is 57.2 Å². The predicted molar refractivity (Wildman–Crippen MR) is 128 cm³/mol. The molecule has 2 aromatic rings. The largest absolute Gasteiger partial charge is 0.417 e. The summed E-state index contributed by atoms with van der Waals surface area (Å²) < 4.78 is 108. The minimum absolute atomic E-state index is 0.0834. The molecule has 0 saturated heterocycles. The molecule has 0 aliphatic heterocycles. The molecule has 0 aliphatic rings. The molecule has 2 unspecified atom stereocenters. The highest BCUT2D eigenvalue weighted by atomic mass is 35.5. The standard InChI is InChI=1S/C23H18Cl3F7O2S/c1-11(10-36(2)35)5-20(34)14-4-3-12(6-16(14)23(31,32)33)19(27)9-15(22(28,29)30)13-7-17(24)21(26)18(25)8-13/h3-4,6-9,11,15H,5,10H2,1-2H3/b19-9-/t11-,15?,36?/m0/s1. The quantitative estimate of drug-likeness (QED) is 0.173. The zero-order valence-corrected chi connectivity index (χ0v) is 21.6. The predicted octanol–water partition coefficient (Wildman–Crippen LogP) is 8.91. The number of carbonyl (C=O) groups excluding carboxylic acids is 1. The zero-order valence-electron chi connectivity index (χ0n) is 18.5. The Kier molecular flexibility index (Phi) is 10.1. The summed E-state index contributed by atoms with van der Waals surface area (Å²) in [7, 11) is -1.28. The molecule has 0 bridgehead atoms. The van der Waals surface area contributed by atoms with E-state index in [1.807, 2.05) is 0 Å². The molecule has 0 heterocycles. The molecule has 0 saturated carbocycles. The molecule has 0 aromatic heterocycles. The van der Waals surface area contributed by atoms with E-state index in [0.717, 1.165) is 18.2 Å². The van der Waals surface area contributed by atoms with Crippen LogP contribution in [0.1, 0.15) is 46.3 Å². The molecule has 2 rings (SSSR count). The third-order valence-corrected chi connectivity index (χ3v) is 7.22. The fraction of sp³-hybridized carbons (Fsp3) is 0.348. The maximum Gasteiger partial charge on any atom is 0.417 e. The van der Waals surface area contributed by atoms with Crippen molar-refractivity contribution in [1.29, 1.82) is 0 Å². The average molecular weight is 598 g/mol. The summed E-state index contributed by atoms with van der Waals surface area (Å²) in [4.78, 5) is 12.5. The lowest BCUT2D eigenvalue weighted by Gasteiger charge is -2.19. The van der Waals surface area contributed by atoms with E-state index < -0.39 is 68.9 Å². The first-order chi connectivity index (χ1) is 16.4. The normalized spacial score (nSPS) is 15.5. The topological polar surface area (TPSA) is 34.1 Å². The first-order valence-electron chi connectivity index (χ1n) is 10.0. The number of halogens is 10. The van der Waals surface area contributed by atoms with Crippen LogP contribution in [0, 0.1) is 5.92 Å². The molecule has 2 aromatic carbocycles. The van der Waals surface area contributed by atoms with Gasteiger partial charge in [0.05, 0.1) is 20.6 Å². The van der Waals surface area contributed by atoms with Gasteiger partial charge in [-0.3, -0.25) is 9.00 Å². The Morgan fingerprint density at radius 2 is 1.58 bits per heavy atom. The van der Waals surface area contributed by atoms with E-state index in [2.05, 4.69) is 0 Å². The molecule has 0 aliphatic carbocycles. The minimum Gasteiger partial charge on any atom is -0.294 e. The van der Waals surface area contributed by atoms with Gasteiger partial charge in [0.25, 0.3) is 0 Å². The van der Waals surface area contributed by atoms with Gasteiger partial charge in [-0.05, 0) is 35.8 Å². The third-order valence-electron chi connectivity index (χ3n) is 4.99. The number of allylic oxidation sites excluding steroid dienone is 1. The molecular weight excluding hydrogens is 580 g/mol. The summed E-state index contributed by atoms with van der Waals surface area (Å²) in [5.74, 6) is -5.56. The minimum atomic E-state index is -5.10. The summed E-state index contributed by atoms with van der Waals surface area (Å²) in [5.41, 5.74) is -3.67. The number of rotatable bonds is 8. The maximum absolute atomic E-state index is 14.9. The van der Waals surface area contributed by atoms with Crippen molar-refractivity contribution in [2.45, 2.75) is 31.6 Å². The zero-order chi connectivity index (χ0) is 27.6. The summed E-state index contributed by atoms with van der Waals surface area (Å²) >= 11 is 17.3. The second-order valence-electron chi connectivity index (χ2n) is 8.06. The molecule has 0 N–H and O–H groups in total. The smallest absolute Gasteiger partial charge is 0.294 e. The summed E-state index contributed by atoms with van der Waals surface area (Å²) in [6.45, 7) is 1.54. The fourth-order valence-corrected chi connectivity index (χ4v) is 4.97. The molecule has 36 heavy (non-hydrogen) atoms. The van der Waals surface area contributed by atoms with Gasteiger partial charge in [0.15, 0.2) is 5.78 Å². The van der Waals surface area contributed by atoms with Gasteiger partial charge in [-0.15, -0.1) is 0 Å². The maximum atomic E-state index is 14.9. The van der Waals surface area contributed by atoms with Crippen molar-refractivity contribution in [1.82, 2.24) is 0 Å². The molecule has 0 radical (unpaired) electrons. The highest BCUT2D eigenvalue weighted by Crippen LogP contribution is 2.43. The summed E-state index contributed by atoms with van der Waals surface area (Å²) in [6, 6.07) is 3.42. The molecule has 2 nitrogen and oxygen atoms in total. The van der Waals surface area contributed by atoms with Gasteiger partial charge < -0.3 is 0 Å². The fourth-order valence-electron chi connectivity index (χ4n) is 3.43. The lowest BCUT2D eigenvalue weighted by atomic mass is 9.93. The van der Waals surface area contributed by atoms with Crippen LogP contribution in [0.5, 0.6) is 0 Å². The van der Waals surface area contributed by atoms with E-state index in [4.69, 9.17) is 34.8 Å². The number of carbonyl (C=O) groups is 1. The van der Waals surface area contributed by atoms with Gasteiger partial charge in [0, 0.05) is 40.4 Å². The van der Waals surface area contributed by atoms with Crippen LogP contribution in [-0.2, 0) is 17.0 Å². The summed E-state index contributed by atoms with van der Waals surface area (Å²) in [6.07, 6.45) is -9.04. The van der Waals surface area contributed by atoms with E-state index in [1.54, 1.807) is 0 Å². The van der Waals surface area contributed by atoms with Gasteiger partial charge in [-0.1, -0.05) is 53.9 Å². The van der Waals surface area contributed by atoms with Crippen LogP contribution >= 0.6 is 34.8 Å². The van der Waals surface area contributed by atoms with E-state index in [0.29, 0.717) is 6.07 Å². The molecule has 0 fully saturated rings. The SMILES string of the molecule is C[C@@H](CC(=O)c1ccc(/C(F)=C/C(c2cc(Cl)c(Cl)c(Cl)c2)C(F)(F)F)cc1C(F)(F)F)CS(C)=O. The Hall–Kier alpha value is -1.62. The number of hydrogen-bond acceptors (Lipinski definition) is 2. The molecule has 3 atom stereocenters. The van der Waals surface area contributed by atoms with Crippen molar-refractivity contribution < 1.29 is 39.7 Å². The van der Waals surface area contributed by atoms with Gasteiger partial charge in [0.2, 0.25) is 0 Å². The van der Waals surface area contributed by atoms with E-state index in [1.165, 1.54) is 13.2 Å². The first kappa shape index (κ1) is 30.6. The van der Waals surface area contributed by atoms with Gasteiger partial charge >= 0.3 is 12.4 Å². The third kappa shape index (κ3) is 7.94. The first-order valence-corrected chi connectivity index (χ1v) is 12.9. The molecule has 13 heteroatoms. The molecule has 0 spiro atoms. The Morgan fingerprint density at radius 3 is 2.06 bits per heavy atom. The van der Waals surface area contributed by atoms with Crippen molar-refractivity contribution in [3.05, 3.63) is 73.7 Å². The van der Waals surface area contributed by atoms with Crippen LogP contribution in [0.4, 0.5) is 30.7 Å². The van der Waals surface area contributed by atoms with Crippen LogP contribution in [0.2, 0.25) is 15.1 Å². The van der Waals surface area contributed by atoms with E-state index >= 15 is 0 Å². The van der Waals surface area contributed by atoms with Crippen LogP contribution in [-0.4, -0.2) is 28.2 Å². The van der Waals surface area contributed by atoms with Gasteiger partial charge in [0.1, 0.15) is 11.7 Å². The van der Waals surface area contributed by atoms with E-state index in [9.17, 15) is 39.7 Å². The molecule has 0 amide bonds. The molecular formula is C23H18Cl3F7O2S. The highest BCUT2D eigenvalue weighted by Gasteiger charge is 2.41.